The molecule has 0 fully saturated rings. The average molecular weight is 299 g/mol. The average Bonchev–Trinajstić information content (AvgIpc) is 2.52. The molecule has 1 amide bonds. The van der Waals surface area contributed by atoms with Crippen LogP contribution in [0.4, 0.5) is 0 Å². The van der Waals surface area contributed by atoms with E-state index in [0.717, 1.165) is 16.3 Å². The molecule has 2 aromatic carbocycles. The fraction of sp³-hybridized carbons (Fsp3) is 0.333. The molecular weight excluding hydrogens is 278 g/mol. The van der Waals surface area contributed by atoms with Gasteiger partial charge in [-0.1, -0.05) is 42.5 Å². The fourth-order valence-corrected chi connectivity index (χ4v) is 2.37. The highest BCUT2D eigenvalue weighted by Gasteiger charge is 2.16. The second-order valence-corrected chi connectivity index (χ2v) is 5.07. The summed E-state index contributed by atoms with van der Waals surface area (Å²) in [4.78, 5) is 25.4. The van der Waals surface area contributed by atoms with Crippen LogP contribution in [-0.4, -0.2) is 36.5 Å². The van der Waals surface area contributed by atoms with E-state index in [-0.39, 0.29) is 24.8 Å². The number of ether oxygens (including phenoxy) is 1. The Hall–Kier alpha value is -2.36. The van der Waals surface area contributed by atoms with Gasteiger partial charge in [0.1, 0.15) is 6.54 Å². The molecule has 0 heterocycles. The molecule has 0 saturated heterocycles. The van der Waals surface area contributed by atoms with E-state index in [1.54, 1.807) is 6.92 Å². The molecule has 0 radical (unpaired) electrons. The number of amides is 1. The molecule has 0 aliphatic carbocycles. The molecule has 4 nitrogen and oxygen atoms in total. The zero-order valence-corrected chi connectivity index (χ0v) is 13.0. The minimum Gasteiger partial charge on any atom is -0.465 e. The van der Waals surface area contributed by atoms with Crippen molar-refractivity contribution < 1.29 is 14.3 Å². The van der Waals surface area contributed by atoms with Crippen LogP contribution in [0, 0.1) is 0 Å². The Morgan fingerprint density at radius 2 is 1.77 bits per heavy atom. The fourth-order valence-electron chi connectivity index (χ4n) is 2.37. The Morgan fingerprint density at radius 3 is 2.45 bits per heavy atom. The van der Waals surface area contributed by atoms with Gasteiger partial charge in [-0.05, 0) is 30.2 Å². The van der Waals surface area contributed by atoms with Gasteiger partial charge < -0.3 is 9.64 Å². The molecule has 2 rings (SSSR count). The highest BCUT2D eigenvalue weighted by Crippen LogP contribution is 2.16. The number of nitrogens with zero attached hydrogens (tertiary/aromatic N) is 1. The summed E-state index contributed by atoms with van der Waals surface area (Å²) >= 11 is 0. The molecule has 0 atom stereocenters. The Labute approximate surface area is 130 Å². The number of likely N-dealkylation sites (N-methyl/N-ethyl adjacent to an activating group) is 1. The lowest BCUT2D eigenvalue weighted by Crippen LogP contribution is -2.37. The van der Waals surface area contributed by atoms with Gasteiger partial charge in [0.05, 0.1) is 13.0 Å². The van der Waals surface area contributed by atoms with Crippen LogP contribution in [0.25, 0.3) is 10.8 Å². The van der Waals surface area contributed by atoms with Crippen molar-refractivity contribution in [2.75, 3.05) is 19.7 Å². The van der Waals surface area contributed by atoms with E-state index in [1.165, 1.54) is 4.90 Å². The molecule has 0 unspecified atom stereocenters. The van der Waals surface area contributed by atoms with Crippen LogP contribution in [0.5, 0.6) is 0 Å². The maximum absolute atomic E-state index is 12.3. The summed E-state index contributed by atoms with van der Waals surface area (Å²) < 4.78 is 4.90. The van der Waals surface area contributed by atoms with Gasteiger partial charge in [-0.15, -0.1) is 0 Å². The maximum Gasteiger partial charge on any atom is 0.325 e. The predicted octanol–water partition coefficient (Wildman–Crippen LogP) is 2.79. The number of carbonyl (C=O) groups is 2. The van der Waals surface area contributed by atoms with Gasteiger partial charge in [0.15, 0.2) is 0 Å². The van der Waals surface area contributed by atoms with E-state index in [9.17, 15) is 9.59 Å². The van der Waals surface area contributed by atoms with E-state index in [2.05, 4.69) is 0 Å². The van der Waals surface area contributed by atoms with Crippen molar-refractivity contribution in [3.8, 4) is 0 Å². The topological polar surface area (TPSA) is 46.6 Å². The third-order valence-electron chi connectivity index (χ3n) is 3.53. The summed E-state index contributed by atoms with van der Waals surface area (Å²) in [6.45, 7) is 4.44. The largest absolute Gasteiger partial charge is 0.465 e. The smallest absolute Gasteiger partial charge is 0.325 e. The maximum atomic E-state index is 12.3. The van der Waals surface area contributed by atoms with Gasteiger partial charge in [0.25, 0.3) is 0 Å². The number of esters is 1. The highest BCUT2D eigenvalue weighted by molar-refractivity contribution is 5.86. The van der Waals surface area contributed by atoms with Crippen molar-refractivity contribution in [1.82, 2.24) is 4.90 Å². The number of fused-ring (bicyclic) bond motifs is 1. The normalized spacial score (nSPS) is 10.5. The zero-order valence-electron chi connectivity index (χ0n) is 13.0. The summed E-state index contributed by atoms with van der Waals surface area (Å²) in [6, 6.07) is 14.0. The van der Waals surface area contributed by atoms with Gasteiger partial charge in [0.2, 0.25) is 5.91 Å². The van der Waals surface area contributed by atoms with E-state index in [4.69, 9.17) is 4.74 Å². The molecule has 116 valence electrons. The molecule has 0 bridgehead atoms. The Balaban J connectivity index is 2.06. The lowest BCUT2D eigenvalue weighted by atomic mass is 10.0. The van der Waals surface area contributed by atoms with E-state index >= 15 is 0 Å². The number of hydrogen-bond acceptors (Lipinski definition) is 3. The molecular formula is C18H21NO3. The van der Waals surface area contributed by atoms with Crippen molar-refractivity contribution in [2.24, 2.45) is 0 Å². The molecule has 4 heteroatoms. The summed E-state index contributed by atoms with van der Waals surface area (Å²) in [5.74, 6) is -0.429. The van der Waals surface area contributed by atoms with E-state index < -0.39 is 0 Å². The predicted molar refractivity (Wildman–Crippen MR) is 86.5 cm³/mol. The van der Waals surface area contributed by atoms with Gasteiger partial charge in [-0.3, -0.25) is 9.59 Å². The van der Waals surface area contributed by atoms with Crippen LogP contribution in [0.15, 0.2) is 42.5 Å². The number of hydrogen-bond donors (Lipinski definition) is 0. The quantitative estimate of drug-likeness (QED) is 0.771. The molecule has 0 aliphatic rings. The van der Waals surface area contributed by atoms with E-state index in [0.29, 0.717) is 13.2 Å². The first-order chi connectivity index (χ1) is 10.6. The summed E-state index contributed by atoms with van der Waals surface area (Å²) in [5.41, 5.74) is 0.950. The summed E-state index contributed by atoms with van der Waals surface area (Å²) in [6.07, 6.45) is 0.290. The van der Waals surface area contributed by atoms with Crippen LogP contribution >= 0.6 is 0 Å². The van der Waals surface area contributed by atoms with Gasteiger partial charge >= 0.3 is 5.97 Å². The summed E-state index contributed by atoms with van der Waals surface area (Å²) in [7, 11) is 0. The van der Waals surface area contributed by atoms with Crippen LogP contribution in [-0.2, 0) is 20.7 Å². The minimum atomic E-state index is -0.365. The van der Waals surface area contributed by atoms with Gasteiger partial charge in [-0.2, -0.15) is 0 Å². The molecule has 0 aliphatic heterocycles. The van der Waals surface area contributed by atoms with Crippen molar-refractivity contribution in [1.29, 1.82) is 0 Å². The molecule has 2 aromatic rings. The number of carbonyl (C=O) groups excluding carboxylic acids is 2. The second-order valence-electron chi connectivity index (χ2n) is 5.07. The van der Waals surface area contributed by atoms with Crippen LogP contribution in [0.3, 0.4) is 0 Å². The Morgan fingerprint density at radius 1 is 1.05 bits per heavy atom. The standard InChI is InChI=1S/C18H21NO3/c1-3-19(13-18(21)22-4-2)17(20)12-14-9-10-15-7-5-6-8-16(15)11-14/h5-11H,3-4,12-13H2,1-2H3. The van der Waals surface area contributed by atoms with Gasteiger partial charge in [0, 0.05) is 6.54 Å². The van der Waals surface area contributed by atoms with Crippen molar-refractivity contribution in [2.45, 2.75) is 20.3 Å². The second kappa shape index (κ2) is 7.59. The minimum absolute atomic E-state index is 0.0107. The van der Waals surface area contributed by atoms with E-state index in [1.807, 2.05) is 49.4 Å². The Kier molecular flexibility index (Phi) is 5.53. The van der Waals surface area contributed by atoms with Crippen LogP contribution < -0.4 is 0 Å². The molecule has 0 spiro atoms. The van der Waals surface area contributed by atoms with Crippen molar-refractivity contribution >= 4 is 22.6 Å². The first-order valence-electron chi connectivity index (χ1n) is 7.55. The SMILES string of the molecule is CCOC(=O)CN(CC)C(=O)Cc1ccc2ccccc2c1. The zero-order chi connectivity index (χ0) is 15.9. The Bertz CT molecular complexity index is 666. The third-order valence-corrected chi connectivity index (χ3v) is 3.53. The third kappa shape index (κ3) is 4.07. The highest BCUT2D eigenvalue weighted by atomic mass is 16.5. The van der Waals surface area contributed by atoms with Gasteiger partial charge in [-0.25, -0.2) is 0 Å². The molecule has 0 aromatic heterocycles. The molecule has 22 heavy (non-hydrogen) atoms. The number of benzene rings is 2. The van der Waals surface area contributed by atoms with Crippen molar-refractivity contribution in [3.05, 3.63) is 48.0 Å². The first kappa shape index (κ1) is 16.0. The number of rotatable bonds is 6. The van der Waals surface area contributed by atoms with Crippen LogP contribution in [0.1, 0.15) is 19.4 Å². The molecule has 0 N–H and O–H groups in total. The monoisotopic (exact) mass is 299 g/mol. The first-order valence-corrected chi connectivity index (χ1v) is 7.55. The molecule has 0 saturated carbocycles. The lowest BCUT2D eigenvalue weighted by Gasteiger charge is -2.19. The summed E-state index contributed by atoms with van der Waals surface area (Å²) in [5, 5.41) is 2.26. The van der Waals surface area contributed by atoms with Crippen LogP contribution in [0.2, 0.25) is 0 Å². The lowest BCUT2D eigenvalue weighted by molar-refractivity contribution is -0.148. The van der Waals surface area contributed by atoms with Crippen molar-refractivity contribution in [3.63, 3.8) is 0 Å².